The molecule has 2 aromatic carbocycles. The van der Waals surface area contributed by atoms with Gasteiger partial charge in [-0.3, -0.25) is 0 Å². The van der Waals surface area contributed by atoms with E-state index in [2.05, 4.69) is 17.3 Å². The number of thioether (sulfide) groups is 1. The van der Waals surface area contributed by atoms with Crippen LogP contribution in [0.1, 0.15) is 0 Å². The predicted molar refractivity (Wildman–Crippen MR) is 87.2 cm³/mol. The highest BCUT2D eigenvalue weighted by Gasteiger charge is 2.19. The molecule has 0 spiro atoms. The summed E-state index contributed by atoms with van der Waals surface area (Å²) in [6.07, 6.45) is 0. The molecule has 1 heterocycles. The number of nitrogens with zero attached hydrogens (tertiary/aromatic N) is 1. The van der Waals surface area contributed by atoms with Gasteiger partial charge in [0.1, 0.15) is 5.69 Å². The van der Waals surface area contributed by atoms with Gasteiger partial charge in [-0.1, -0.05) is 77.6 Å². The summed E-state index contributed by atoms with van der Waals surface area (Å²) in [6.45, 7) is 0.611. The first-order chi connectivity index (χ1) is 10.4. The molecule has 0 saturated carbocycles. The van der Waals surface area contributed by atoms with Gasteiger partial charge < -0.3 is 10.3 Å². The molecule has 0 aliphatic heterocycles. The average Bonchev–Trinajstić information content (AvgIpc) is 2.98. The molecular weight excluding hydrogens is 280 g/mol. The summed E-state index contributed by atoms with van der Waals surface area (Å²) >= 11 is 1.60. The van der Waals surface area contributed by atoms with E-state index in [4.69, 9.17) is 10.3 Å². The number of rotatable bonds is 5. The minimum atomic E-state index is 0.611. The molecular formula is C17H16N2OS. The number of nitrogens with two attached hydrogens (primary N) is 1. The van der Waals surface area contributed by atoms with Crippen LogP contribution in [0, 0.1) is 0 Å². The zero-order valence-electron chi connectivity index (χ0n) is 11.5. The van der Waals surface area contributed by atoms with Gasteiger partial charge in [-0.15, -0.1) is 0 Å². The molecule has 0 aliphatic rings. The highest BCUT2D eigenvalue weighted by molar-refractivity contribution is 7.99. The Hall–Kier alpha value is -2.04. The number of hydrogen-bond acceptors (Lipinski definition) is 4. The summed E-state index contributed by atoms with van der Waals surface area (Å²) in [6, 6.07) is 20.3. The largest absolute Gasteiger partial charge is 0.349 e. The second kappa shape index (κ2) is 6.61. The summed E-state index contributed by atoms with van der Waals surface area (Å²) in [5.74, 6) is 0.809. The van der Waals surface area contributed by atoms with Gasteiger partial charge in [0.2, 0.25) is 5.09 Å². The van der Waals surface area contributed by atoms with Crippen molar-refractivity contribution in [3.63, 3.8) is 0 Å². The topological polar surface area (TPSA) is 52.0 Å². The van der Waals surface area contributed by atoms with Gasteiger partial charge in [-0.05, 0) is 5.56 Å². The van der Waals surface area contributed by atoms with E-state index in [-0.39, 0.29) is 0 Å². The van der Waals surface area contributed by atoms with Crippen LogP contribution in [0.4, 0.5) is 0 Å². The number of hydrogen-bond donors (Lipinski definition) is 1. The SMILES string of the molecule is NCCSc1onc(-c2ccccc2)c1-c1ccccc1. The molecule has 0 saturated heterocycles. The van der Waals surface area contributed by atoms with Crippen LogP contribution in [0.5, 0.6) is 0 Å². The van der Waals surface area contributed by atoms with Crippen molar-refractivity contribution in [2.24, 2.45) is 5.73 Å². The number of aromatic nitrogens is 1. The van der Waals surface area contributed by atoms with Crippen molar-refractivity contribution in [1.29, 1.82) is 0 Å². The van der Waals surface area contributed by atoms with Crippen molar-refractivity contribution in [2.45, 2.75) is 5.09 Å². The van der Waals surface area contributed by atoms with Crippen molar-refractivity contribution < 1.29 is 4.52 Å². The van der Waals surface area contributed by atoms with Crippen LogP contribution in [-0.4, -0.2) is 17.5 Å². The normalized spacial score (nSPS) is 10.7. The van der Waals surface area contributed by atoms with Gasteiger partial charge in [0.15, 0.2) is 0 Å². The standard InChI is InChI=1S/C17H16N2OS/c18-11-12-21-17-15(13-7-3-1-4-8-13)16(19-20-17)14-9-5-2-6-10-14/h1-10H,11-12,18H2. The van der Waals surface area contributed by atoms with Gasteiger partial charge in [0, 0.05) is 17.9 Å². The maximum atomic E-state index is 5.60. The first-order valence-electron chi connectivity index (χ1n) is 6.83. The molecule has 1 aromatic heterocycles. The number of benzene rings is 2. The van der Waals surface area contributed by atoms with Gasteiger partial charge >= 0.3 is 0 Å². The van der Waals surface area contributed by atoms with Crippen LogP contribution in [0.2, 0.25) is 0 Å². The fraction of sp³-hybridized carbons (Fsp3) is 0.118. The molecule has 4 heteroatoms. The average molecular weight is 296 g/mol. The Morgan fingerprint density at radius 3 is 2.14 bits per heavy atom. The van der Waals surface area contributed by atoms with Gasteiger partial charge in [-0.25, -0.2) is 0 Å². The monoisotopic (exact) mass is 296 g/mol. The Kier molecular flexibility index (Phi) is 4.38. The molecule has 3 nitrogen and oxygen atoms in total. The molecule has 0 radical (unpaired) electrons. The van der Waals surface area contributed by atoms with Crippen molar-refractivity contribution in [2.75, 3.05) is 12.3 Å². The Morgan fingerprint density at radius 1 is 0.905 bits per heavy atom. The van der Waals surface area contributed by atoms with E-state index in [0.717, 1.165) is 33.2 Å². The molecule has 3 aromatic rings. The van der Waals surface area contributed by atoms with E-state index >= 15 is 0 Å². The van der Waals surface area contributed by atoms with Crippen molar-refractivity contribution >= 4 is 11.8 Å². The van der Waals surface area contributed by atoms with Gasteiger partial charge in [-0.2, -0.15) is 0 Å². The Bertz CT molecular complexity index is 695. The highest BCUT2D eigenvalue weighted by atomic mass is 32.2. The van der Waals surface area contributed by atoms with Gasteiger partial charge in [0.05, 0.1) is 5.56 Å². The van der Waals surface area contributed by atoms with Crippen LogP contribution < -0.4 is 5.73 Å². The predicted octanol–water partition coefficient (Wildman–Crippen LogP) is 4.06. The molecule has 21 heavy (non-hydrogen) atoms. The Morgan fingerprint density at radius 2 is 1.52 bits per heavy atom. The zero-order valence-corrected chi connectivity index (χ0v) is 12.3. The Balaban J connectivity index is 2.11. The fourth-order valence-electron chi connectivity index (χ4n) is 2.18. The molecule has 0 amide bonds. The summed E-state index contributed by atoms with van der Waals surface area (Å²) in [4.78, 5) is 0. The van der Waals surface area contributed by atoms with E-state index in [0.29, 0.717) is 6.54 Å². The van der Waals surface area contributed by atoms with Gasteiger partial charge in [0.25, 0.3) is 0 Å². The smallest absolute Gasteiger partial charge is 0.201 e. The lowest BCUT2D eigenvalue weighted by Crippen LogP contribution is -2.00. The lowest BCUT2D eigenvalue weighted by Gasteiger charge is -2.04. The molecule has 3 rings (SSSR count). The van der Waals surface area contributed by atoms with Crippen molar-refractivity contribution in [3.8, 4) is 22.4 Å². The summed E-state index contributed by atoms with van der Waals surface area (Å²) in [5, 5.41) is 5.10. The van der Waals surface area contributed by atoms with Crippen LogP contribution >= 0.6 is 11.8 Å². The first kappa shape index (κ1) is 13.9. The van der Waals surface area contributed by atoms with Crippen LogP contribution in [0.25, 0.3) is 22.4 Å². The molecule has 0 atom stereocenters. The van der Waals surface area contributed by atoms with E-state index in [1.54, 1.807) is 11.8 Å². The zero-order chi connectivity index (χ0) is 14.5. The minimum absolute atomic E-state index is 0.611. The summed E-state index contributed by atoms with van der Waals surface area (Å²) in [7, 11) is 0. The third kappa shape index (κ3) is 3.01. The second-order valence-corrected chi connectivity index (χ2v) is 5.63. The van der Waals surface area contributed by atoms with E-state index in [1.165, 1.54) is 0 Å². The van der Waals surface area contributed by atoms with Crippen LogP contribution in [0.15, 0.2) is 70.3 Å². The quantitative estimate of drug-likeness (QED) is 0.721. The van der Waals surface area contributed by atoms with E-state index in [1.807, 2.05) is 48.5 Å². The first-order valence-corrected chi connectivity index (χ1v) is 7.82. The summed E-state index contributed by atoms with van der Waals surface area (Å²) in [5.41, 5.74) is 9.68. The molecule has 0 bridgehead atoms. The molecule has 2 N–H and O–H groups in total. The molecule has 0 unspecified atom stereocenters. The maximum Gasteiger partial charge on any atom is 0.201 e. The lowest BCUT2D eigenvalue weighted by molar-refractivity contribution is 0.352. The molecule has 0 aliphatic carbocycles. The van der Waals surface area contributed by atoms with Crippen molar-refractivity contribution in [1.82, 2.24) is 5.16 Å². The molecule has 0 fully saturated rings. The summed E-state index contributed by atoms with van der Waals surface area (Å²) < 4.78 is 5.56. The van der Waals surface area contributed by atoms with Crippen LogP contribution in [-0.2, 0) is 0 Å². The van der Waals surface area contributed by atoms with Crippen molar-refractivity contribution in [3.05, 3.63) is 60.7 Å². The Labute approximate surface area is 128 Å². The third-order valence-electron chi connectivity index (χ3n) is 3.12. The lowest BCUT2D eigenvalue weighted by atomic mass is 10.0. The highest BCUT2D eigenvalue weighted by Crippen LogP contribution is 2.39. The fourth-order valence-corrected chi connectivity index (χ4v) is 2.93. The second-order valence-electron chi connectivity index (χ2n) is 4.56. The van der Waals surface area contributed by atoms with E-state index in [9.17, 15) is 0 Å². The third-order valence-corrected chi connectivity index (χ3v) is 4.10. The van der Waals surface area contributed by atoms with Crippen LogP contribution in [0.3, 0.4) is 0 Å². The minimum Gasteiger partial charge on any atom is -0.349 e. The molecule has 106 valence electrons. The maximum absolute atomic E-state index is 5.60. The van der Waals surface area contributed by atoms with E-state index < -0.39 is 0 Å².